The monoisotopic (exact) mass is 389 g/mol. The summed E-state index contributed by atoms with van der Waals surface area (Å²) < 4.78 is 28.2. The Morgan fingerprint density at radius 1 is 0.963 bits per heavy atom. The zero-order valence-electron chi connectivity index (χ0n) is 16.7. The van der Waals surface area contributed by atoms with Crippen LogP contribution in [-0.2, 0) is 14.8 Å². The first-order valence-electron chi connectivity index (χ1n) is 8.83. The van der Waals surface area contributed by atoms with Gasteiger partial charge in [-0.1, -0.05) is 0 Å². The van der Waals surface area contributed by atoms with Gasteiger partial charge in [0.15, 0.2) is 0 Å². The highest BCUT2D eigenvalue weighted by molar-refractivity contribution is 7.89. The number of carbonyl (C=O) groups is 1. The molecule has 0 spiro atoms. The summed E-state index contributed by atoms with van der Waals surface area (Å²) in [6.07, 6.45) is 1.64. The fraction of sp³-hybridized carbons (Fsp3) is 0.400. The molecule has 2 rings (SSSR count). The van der Waals surface area contributed by atoms with E-state index in [1.54, 1.807) is 12.3 Å². The minimum absolute atomic E-state index is 0.0187. The van der Waals surface area contributed by atoms with E-state index in [2.05, 4.69) is 15.0 Å². The van der Waals surface area contributed by atoms with E-state index in [0.29, 0.717) is 10.7 Å². The number of rotatable bonds is 6. The number of benzene rings is 1. The SMILES string of the molecule is Cc1ccnc(NC(=O)CCNS(=O)(=O)c2c(C)c(C)c(C)c(C)c2C)c1. The molecular weight excluding hydrogens is 362 g/mol. The zero-order chi connectivity index (χ0) is 20.4. The van der Waals surface area contributed by atoms with Crippen molar-refractivity contribution >= 4 is 21.7 Å². The lowest BCUT2D eigenvalue weighted by atomic mass is 9.95. The molecule has 0 radical (unpaired) electrons. The van der Waals surface area contributed by atoms with Crippen LogP contribution in [0, 0.1) is 41.5 Å². The van der Waals surface area contributed by atoms with Gasteiger partial charge in [0.05, 0.1) is 4.90 Å². The maximum absolute atomic E-state index is 12.8. The van der Waals surface area contributed by atoms with Crippen molar-refractivity contribution in [1.82, 2.24) is 9.71 Å². The Morgan fingerprint density at radius 3 is 2.07 bits per heavy atom. The van der Waals surface area contributed by atoms with Crippen LogP contribution in [0.25, 0.3) is 0 Å². The highest BCUT2D eigenvalue weighted by Gasteiger charge is 2.23. The Bertz CT molecular complexity index is 953. The average molecular weight is 390 g/mol. The van der Waals surface area contributed by atoms with Crippen LogP contribution in [0.2, 0.25) is 0 Å². The van der Waals surface area contributed by atoms with E-state index in [1.165, 1.54) is 0 Å². The van der Waals surface area contributed by atoms with Crippen molar-refractivity contribution < 1.29 is 13.2 Å². The number of nitrogens with one attached hydrogen (secondary N) is 2. The second kappa shape index (κ2) is 8.19. The maximum Gasteiger partial charge on any atom is 0.241 e. The van der Waals surface area contributed by atoms with Gasteiger partial charge in [0, 0.05) is 19.2 Å². The Morgan fingerprint density at radius 2 is 1.52 bits per heavy atom. The molecule has 2 aromatic rings. The Labute approximate surface area is 161 Å². The number of pyridine rings is 1. The third-order valence-electron chi connectivity index (χ3n) is 5.03. The molecular formula is C20H27N3O3S. The molecule has 1 heterocycles. The minimum atomic E-state index is -3.70. The van der Waals surface area contributed by atoms with Crippen LogP contribution in [0.5, 0.6) is 0 Å². The lowest BCUT2D eigenvalue weighted by molar-refractivity contribution is -0.116. The molecule has 0 aliphatic rings. The number of carbonyl (C=O) groups excluding carboxylic acids is 1. The van der Waals surface area contributed by atoms with Crippen LogP contribution in [-0.4, -0.2) is 25.9 Å². The quantitative estimate of drug-likeness (QED) is 0.794. The molecule has 7 heteroatoms. The maximum atomic E-state index is 12.8. The third kappa shape index (κ3) is 4.73. The van der Waals surface area contributed by atoms with Gasteiger partial charge in [0.2, 0.25) is 15.9 Å². The molecule has 0 bridgehead atoms. The van der Waals surface area contributed by atoms with Crippen LogP contribution in [0.1, 0.15) is 39.8 Å². The topological polar surface area (TPSA) is 88.2 Å². The molecule has 6 nitrogen and oxygen atoms in total. The molecule has 0 atom stereocenters. The van der Waals surface area contributed by atoms with E-state index in [-0.39, 0.29) is 18.9 Å². The van der Waals surface area contributed by atoms with Crippen molar-refractivity contribution in [3.05, 3.63) is 51.7 Å². The largest absolute Gasteiger partial charge is 0.311 e. The molecule has 0 unspecified atom stereocenters. The van der Waals surface area contributed by atoms with Gasteiger partial charge in [-0.15, -0.1) is 0 Å². The summed E-state index contributed by atoms with van der Waals surface area (Å²) in [6, 6.07) is 3.59. The Hall–Kier alpha value is -2.25. The number of amides is 1. The fourth-order valence-electron chi connectivity index (χ4n) is 3.05. The summed E-state index contributed by atoms with van der Waals surface area (Å²) in [6.45, 7) is 11.4. The van der Waals surface area contributed by atoms with Gasteiger partial charge in [0.1, 0.15) is 5.82 Å². The number of hydrogen-bond acceptors (Lipinski definition) is 4. The molecule has 0 aliphatic carbocycles. The highest BCUT2D eigenvalue weighted by atomic mass is 32.2. The summed E-state index contributed by atoms with van der Waals surface area (Å²) in [7, 11) is -3.70. The molecule has 2 N–H and O–H groups in total. The summed E-state index contributed by atoms with van der Waals surface area (Å²) in [5.74, 6) is 0.167. The zero-order valence-corrected chi connectivity index (χ0v) is 17.5. The lowest BCUT2D eigenvalue weighted by Gasteiger charge is -2.19. The predicted molar refractivity (Wildman–Crippen MR) is 108 cm³/mol. The van der Waals surface area contributed by atoms with Gasteiger partial charge in [-0.2, -0.15) is 0 Å². The predicted octanol–water partition coefficient (Wildman–Crippen LogP) is 3.24. The van der Waals surface area contributed by atoms with Crippen LogP contribution in [0.4, 0.5) is 5.82 Å². The Kier molecular flexibility index (Phi) is 6.38. The summed E-state index contributed by atoms with van der Waals surface area (Å²) in [5, 5.41) is 2.67. The van der Waals surface area contributed by atoms with Gasteiger partial charge >= 0.3 is 0 Å². The van der Waals surface area contributed by atoms with E-state index in [1.807, 2.05) is 47.6 Å². The molecule has 27 heavy (non-hydrogen) atoms. The van der Waals surface area contributed by atoms with Gasteiger partial charge in [-0.25, -0.2) is 18.1 Å². The number of sulfonamides is 1. The molecule has 0 saturated carbocycles. The van der Waals surface area contributed by atoms with Gasteiger partial charge in [0.25, 0.3) is 0 Å². The van der Waals surface area contributed by atoms with Crippen LogP contribution >= 0.6 is 0 Å². The second-order valence-electron chi connectivity index (χ2n) is 6.87. The van der Waals surface area contributed by atoms with Gasteiger partial charge < -0.3 is 5.32 Å². The van der Waals surface area contributed by atoms with Crippen molar-refractivity contribution in [2.24, 2.45) is 0 Å². The van der Waals surface area contributed by atoms with Gasteiger partial charge in [-0.3, -0.25) is 4.79 Å². The van der Waals surface area contributed by atoms with Crippen molar-refractivity contribution in [1.29, 1.82) is 0 Å². The average Bonchev–Trinajstić information content (AvgIpc) is 2.58. The number of hydrogen-bond donors (Lipinski definition) is 2. The number of nitrogens with zero attached hydrogens (tertiary/aromatic N) is 1. The van der Waals surface area contributed by atoms with E-state index in [0.717, 1.165) is 33.4 Å². The Balaban J connectivity index is 2.09. The second-order valence-corrected chi connectivity index (χ2v) is 8.57. The minimum Gasteiger partial charge on any atom is -0.311 e. The van der Waals surface area contributed by atoms with Gasteiger partial charge in [-0.05, 0) is 87.1 Å². The molecule has 1 aromatic heterocycles. The molecule has 146 valence electrons. The first-order valence-corrected chi connectivity index (χ1v) is 10.3. The summed E-state index contributed by atoms with van der Waals surface area (Å²) in [4.78, 5) is 16.4. The summed E-state index contributed by atoms with van der Waals surface area (Å²) in [5.41, 5.74) is 5.53. The molecule has 0 saturated heterocycles. The first-order chi connectivity index (χ1) is 12.5. The van der Waals surface area contributed by atoms with Crippen molar-refractivity contribution in [3.63, 3.8) is 0 Å². The van der Waals surface area contributed by atoms with Crippen molar-refractivity contribution in [2.45, 2.75) is 52.9 Å². The molecule has 0 fully saturated rings. The standard InChI is InChI=1S/C20H27N3O3S/c1-12-7-9-21-18(11-12)23-19(24)8-10-22-27(25,26)20-16(5)14(3)13(2)15(4)17(20)6/h7,9,11,22H,8,10H2,1-6H3,(H,21,23,24). The molecule has 0 aliphatic heterocycles. The van der Waals surface area contributed by atoms with Crippen molar-refractivity contribution in [3.8, 4) is 0 Å². The van der Waals surface area contributed by atoms with E-state index in [4.69, 9.17) is 0 Å². The number of aromatic nitrogens is 1. The normalized spacial score (nSPS) is 11.5. The number of anilines is 1. The molecule has 1 amide bonds. The van der Waals surface area contributed by atoms with Crippen LogP contribution in [0.15, 0.2) is 23.2 Å². The highest BCUT2D eigenvalue weighted by Crippen LogP contribution is 2.29. The first kappa shape index (κ1) is 21.1. The van der Waals surface area contributed by atoms with Crippen molar-refractivity contribution in [2.75, 3.05) is 11.9 Å². The smallest absolute Gasteiger partial charge is 0.241 e. The number of aryl methyl sites for hydroxylation is 1. The van der Waals surface area contributed by atoms with E-state index in [9.17, 15) is 13.2 Å². The third-order valence-corrected chi connectivity index (χ3v) is 6.76. The lowest BCUT2D eigenvalue weighted by Crippen LogP contribution is -2.29. The van der Waals surface area contributed by atoms with Crippen LogP contribution < -0.4 is 10.0 Å². The fourth-order valence-corrected chi connectivity index (χ4v) is 4.68. The van der Waals surface area contributed by atoms with Crippen LogP contribution in [0.3, 0.4) is 0 Å². The van der Waals surface area contributed by atoms with E-state index >= 15 is 0 Å². The van der Waals surface area contributed by atoms with E-state index < -0.39 is 10.0 Å². The molecule has 1 aromatic carbocycles. The summed E-state index contributed by atoms with van der Waals surface area (Å²) >= 11 is 0.